The number of methoxy groups -OCH3 is 1. The number of ether oxygens (including phenoxy) is 1. The Hall–Kier alpha value is -3.59. The first-order chi connectivity index (χ1) is 15.5. The van der Waals surface area contributed by atoms with Crippen LogP contribution < -0.4 is 16.0 Å². The van der Waals surface area contributed by atoms with Gasteiger partial charge in [0.1, 0.15) is 17.2 Å². The Morgan fingerprint density at radius 3 is 2.94 bits per heavy atom. The van der Waals surface area contributed by atoms with Gasteiger partial charge in [0.2, 0.25) is 0 Å². The van der Waals surface area contributed by atoms with Gasteiger partial charge in [0, 0.05) is 37.3 Å². The first kappa shape index (κ1) is 21.6. The number of aliphatic imine (C=N–C) groups is 1. The van der Waals surface area contributed by atoms with E-state index in [-0.39, 0.29) is 11.7 Å². The van der Waals surface area contributed by atoms with Crippen LogP contribution in [0.4, 0.5) is 15.8 Å². The summed E-state index contributed by atoms with van der Waals surface area (Å²) < 4.78 is 19.4. The lowest BCUT2D eigenvalue weighted by Crippen LogP contribution is -2.43. The van der Waals surface area contributed by atoms with Crippen molar-refractivity contribution in [1.29, 1.82) is 0 Å². The fraction of sp³-hybridized carbons (Fsp3) is 0.304. The highest BCUT2D eigenvalue weighted by molar-refractivity contribution is 6.45. The van der Waals surface area contributed by atoms with Crippen molar-refractivity contribution in [3.8, 4) is 0 Å². The van der Waals surface area contributed by atoms with Gasteiger partial charge >= 0.3 is 5.97 Å². The minimum Gasteiger partial charge on any atom is -0.464 e. The molecule has 8 nitrogen and oxygen atoms in total. The number of carbonyl (C=O) groups excluding carboxylic acids is 2. The molecule has 0 radical (unpaired) electrons. The number of esters is 1. The van der Waals surface area contributed by atoms with Crippen molar-refractivity contribution in [3.05, 3.63) is 59.7 Å². The number of nitrogens with one attached hydrogen (secondary N) is 1. The van der Waals surface area contributed by atoms with Crippen molar-refractivity contribution < 1.29 is 18.7 Å². The lowest BCUT2D eigenvalue weighted by atomic mass is 10.1. The van der Waals surface area contributed by atoms with Crippen molar-refractivity contribution in [2.45, 2.75) is 25.3 Å². The summed E-state index contributed by atoms with van der Waals surface area (Å²) >= 11 is 0. The summed E-state index contributed by atoms with van der Waals surface area (Å²) in [5.74, 6) is -1.37. The van der Waals surface area contributed by atoms with Crippen LogP contribution in [0.1, 0.15) is 35.3 Å². The van der Waals surface area contributed by atoms with E-state index in [9.17, 15) is 14.0 Å². The maximum atomic E-state index is 14.7. The maximum absolute atomic E-state index is 14.7. The lowest BCUT2D eigenvalue weighted by molar-refractivity contribution is -0.110. The molecule has 1 aromatic carbocycles. The zero-order chi connectivity index (χ0) is 22.7. The lowest BCUT2D eigenvalue weighted by Gasteiger charge is -2.34. The van der Waals surface area contributed by atoms with Gasteiger partial charge in [-0.2, -0.15) is 0 Å². The highest BCUT2D eigenvalue weighted by Gasteiger charge is 2.25. The van der Waals surface area contributed by atoms with E-state index in [2.05, 4.69) is 15.3 Å². The van der Waals surface area contributed by atoms with Crippen molar-refractivity contribution >= 4 is 34.7 Å². The summed E-state index contributed by atoms with van der Waals surface area (Å²) in [6.45, 7) is 1.20. The molecule has 1 atom stereocenters. The number of nitrogens with two attached hydrogens (primary N) is 1. The van der Waals surface area contributed by atoms with Gasteiger partial charge in [0.15, 0.2) is 0 Å². The molecule has 2 aromatic rings. The number of pyridine rings is 1. The Morgan fingerprint density at radius 1 is 1.31 bits per heavy atom. The van der Waals surface area contributed by atoms with E-state index in [1.165, 1.54) is 19.4 Å². The van der Waals surface area contributed by atoms with Gasteiger partial charge in [0.25, 0.3) is 5.91 Å². The number of amides is 1. The van der Waals surface area contributed by atoms with E-state index in [1.54, 1.807) is 30.3 Å². The van der Waals surface area contributed by atoms with Gasteiger partial charge in [-0.15, -0.1) is 0 Å². The molecule has 3 heterocycles. The average Bonchev–Trinajstić information content (AvgIpc) is 3.29. The normalized spacial score (nSPS) is 18.1. The second kappa shape index (κ2) is 9.27. The molecule has 4 rings (SSSR count). The molecule has 32 heavy (non-hydrogen) atoms. The number of halogens is 1. The average molecular weight is 437 g/mol. The minimum atomic E-state index is -0.552. The van der Waals surface area contributed by atoms with Crippen LogP contribution in [0.5, 0.6) is 0 Å². The Balaban J connectivity index is 1.52. The smallest absolute Gasteiger partial charge is 0.356 e. The van der Waals surface area contributed by atoms with Gasteiger partial charge in [-0.1, -0.05) is 12.1 Å². The molecule has 3 N–H and O–H groups in total. The summed E-state index contributed by atoms with van der Waals surface area (Å²) in [7, 11) is 1.28. The zero-order valence-corrected chi connectivity index (χ0v) is 17.7. The molecular weight excluding hydrogens is 413 g/mol. The number of anilines is 2. The Morgan fingerprint density at radius 2 is 2.16 bits per heavy atom. The van der Waals surface area contributed by atoms with Crippen molar-refractivity contribution in [2.24, 2.45) is 10.7 Å². The largest absolute Gasteiger partial charge is 0.464 e. The van der Waals surface area contributed by atoms with Crippen LogP contribution in [0.15, 0.2) is 47.6 Å². The van der Waals surface area contributed by atoms with Crippen LogP contribution in [0.2, 0.25) is 0 Å². The van der Waals surface area contributed by atoms with Crippen LogP contribution >= 0.6 is 0 Å². The van der Waals surface area contributed by atoms with Gasteiger partial charge in [-0.25, -0.2) is 19.2 Å². The van der Waals surface area contributed by atoms with Crippen LogP contribution in [0.25, 0.3) is 5.70 Å². The van der Waals surface area contributed by atoms with Crippen LogP contribution in [0, 0.1) is 5.82 Å². The molecule has 0 saturated carbocycles. The Labute approximate surface area is 185 Å². The molecule has 0 spiro atoms. The van der Waals surface area contributed by atoms with Gasteiger partial charge in [0.05, 0.1) is 24.2 Å². The number of para-hydroxylation sites is 1. The van der Waals surface area contributed by atoms with Crippen molar-refractivity contribution in [3.63, 3.8) is 0 Å². The molecule has 2 aliphatic rings. The van der Waals surface area contributed by atoms with E-state index < -0.39 is 17.7 Å². The molecule has 0 aliphatic carbocycles. The predicted molar refractivity (Wildman–Crippen MR) is 120 cm³/mol. The molecule has 0 bridgehead atoms. The van der Waals surface area contributed by atoms with E-state index in [1.807, 2.05) is 4.90 Å². The monoisotopic (exact) mass is 437 g/mol. The molecule has 9 heteroatoms. The number of hydrogen-bond acceptors (Lipinski definition) is 7. The number of allylic oxidation sites excluding steroid dienone is 1. The van der Waals surface area contributed by atoms with Crippen molar-refractivity contribution in [2.75, 3.05) is 30.4 Å². The Bertz CT molecular complexity index is 1110. The van der Waals surface area contributed by atoms with Gasteiger partial charge in [-0.3, -0.25) is 4.79 Å². The second-order valence-corrected chi connectivity index (χ2v) is 7.71. The molecule has 1 amide bonds. The van der Waals surface area contributed by atoms with E-state index in [4.69, 9.17) is 10.5 Å². The quantitative estimate of drug-likeness (QED) is 0.696. The summed E-state index contributed by atoms with van der Waals surface area (Å²) in [6, 6.07) is 7.84. The fourth-order valence-corrected chi connectivity index (χ4v) is 3.91. The summed E-state index contributed by atoms with van der Waals surface area (Å²) in [4.78, 5) is 34.9. The number of benzene rings is 1. The number of nitrogens with zero attached hydrogens (tertiary/aromatic N) is 3. The third kappa shape index (κ3) is 4.52. The SMILES string of the molecule is COC(=O)c1cc(C2=CCC(C(=O)Nc3cccc(F)c3N3CCC[C@@H](N)C3)=N2)ccn1. The summed E-state index contributed by atoms with van der Waals surface area (Å²) in [6.07, 6.45) is 5.35. The number of aromatic nitrogens is 1. The maximum Gasteiger partial charge on any atom is 0.356 e. The predicted octanol–water partition coefficient (Wildman–Crippen LogP) is 2.76. The van der Waals surface area contributed by atoms with Crippen LogP contribution in [-0.2, 0) is 9.53 Å². The number of piperidine rings is 1. The second-order valence-electron chi connectivity index (χ2n) is 7.71. The first-order valence-electron chi connectivity index (χ1n) is 10.4. The zero-order valence-electron chi connectivity index (χ0n) is 17.7. The third-order valence-electron chi connectivity index (χ3n) is 5.47. The third-order valence-corrected chi connectivity index (χ3v) is 5.47. The summed E-state index contributed by atoms with van der Waals surface area (Å²) in [5, 5.41) is 2.80. The van der Waals surface area contributed by atoms with Gasteiger partial charge < -0.3 is 20.7 Å². The topological polar surface area (TPSA) is 110 Å². The number of rotatable bonds is 5. The van der Waals surface area contributed by atoms with E-state index in [0.717, 1.165) is 12.8 Å². The van der Waals surface area contributed by atoms with Crippen LogP contribution in [0.3, 0.4) is 0 Å². The van der Waals surface area contributed by atoms with E-state index >= 15 is 0 Å². The standard InChI is InChI=1S/C23H24FN5O3/c1-32-23(31)20-12-14(9-10-26-20)17-7-8-19(27-17)22(30)28-18-6-2-5-16(24)21(18)29-11-3-4-15(25)13-29/h2,5-7,9-10,12,15H,3-4,8,11,13,25H2,1H3,(H,28,30)/t15-/m1/s1. The fourth-order valence-electron chi connectivity index (χ4n) is 3.91. The molecule has 1 aromatic heterocycles. The number of carbonyl (C=O) groups is 2. The van der Waals surface area contributed by atoms with Crippen molar-refractivity contribution in [1.82, 2.24) is 4.98 Å². The minimum absolute atomic E-state index is 0.0342. The van der Waals surface area contributed by atoms with E-state index in [0.29, 0.717) is 47.9 Å². The number of hydrogen-bond donors (Lipinski definition) is 2. The highest BCUT2D eigenvalue weighted by atomic mass is 19.1. The van der Waals surface area contributed by atoms with Crippen LogP contribution in [-0.4, -0.2) is 48.8 Å². The summed E-state index contributed by atoms with van der Waals surface area (Å²) in [5.41, 5.74) is 8.45. The first-order valence-corrected chi connectivity index (χ1v) is 10.4. The molecular formula is C23H24FN5O3. The highest BCUT2D eigenvalue weighted by Crippen LogP contribution is 2.32. The Kier molecular flexibility index (Phi) is 6.27. The molecule has 166 valence electrons. The molecule has 2 aliphatic heterocycles. The van der Waals surface area contributed by atoms with Gasteiger partial charge in [-0.05, 0) is 37.1 Å². The molecule has 1 fully saturated rings. The molecule has 0 unspecified atom stereocenters. The molecule has 1 saturated heterocycles.